The fourth-order valence-corrected chi connectivity index (χ4v) is 2.69. The standard InChI is InChI=1S/C16H13ClFN3O4/c1-2-25-16(24)14-13-11(22)6-12(23)19-15(13)21(20-14)7-8-9(17)4-3-5-10(8)18/h3-6H,2,7H2,1H3,(H2,19,22,23). The molecule has 0 unspecified atom stereocenters. The van der Waals surface area contributed by atoms with Gasteiger partial charge in [0.25, 0.3) is 5.56 Å². The van der Waals surface area contributed by atoms with Gasteiger partial charge in [-0.25, -0.2) is 13.9 Å². The van der Waals surface area contributed by atoms with Crippen LogP contribution in [0.15, 0.2) is 29.1 Å². The first-order valence-corrected chi connectivity index (χ1v) is 7.73. The number of fused-ring (bicyclic) bond motifs is 1. The Morgan fingerprint density at radius 2 is 2.24 bits per heavy atom. The van der Waals surface area contributed by atoms with Crippen molar-refractivity contribution in [3.8, 4) is 5.75 Å². The van der Waals surface area contributed by atoms with Crippen LogP contribution in [0.25, 0.3) is 11.0 Å². The smallest absolute Gasteiger partial charge is 0.359 e. The van der Waals surface area contributed by atoms with Gasteiger partial charge in [-0.1, -0.05) is 17.7 Å². The maximum Gasteiger partial charge on any atom is 0.359 e. The van der Waals surface area contributed by atoms with Crippen LogP contribution >= 0.6 is 11.6 Å². The van der Waals surface area contributed by atoms with Crippen molar-refractivity contribution in [2.24, 2.45) is 0 Å². The van der Waals surface area contributed by atoms with E-state index in [0.29, 0.717) is 0 Å². The van der Waals surface area contributed by atoms with Crippen LogP contribution in [0.2, 0.25) is 5.02 Å². The number of H-pyrrole nitrogens is 1. The van der Waals surface area contributed by atoms with Crippen LogP contribution in [0.4, 0.5) is 4.39 Å². The molecule has 25 heavy (non-hydrogen) atoms. The zero-order chi connectivity index (χ0) is 18.1. The maximum atomic E-state index is 14.0. The predicted octanol–water partition coefficient (Wildman–Crippen LogP) is 2.45. The van der Waals surface area contributed by atoms with E-state index in [9.17, 15) is 19.1 Å². The second-order valence-corrected chi connectivity index (χ2v) is 5.58. The monoisotopic (exact) mass is 365 g/mol. The zero-order valence-electron chi connectivity index (χ0n) is 13.0. The second kappa shape index (κ2) is 6.56. The molecule has 2 N–H and O–H groups in total. The van der Waals surface area contributed by atoms with E-state index in [-0.39, 0.29) is 40.5 Å². The molecule has 0 radical (unpaired) electrons. The Hall–Kier alpha value is -2.87. The van der Waals surface area contributed by atoms with Gasteiger partial charge >= 0.3 is 5.97 Å². The first-order valence-electron chi connectivity index (χ1n) is 7.35. The Kier molecular flexibility index (Phi) is 4.45. The third kappa shape index (κ3) is 3.08. The van der Waals surface area contributed by atoms with E-state index in [2.05, 4.69) is 10.1 Å². The van der Waals surface area contributed by atoms with Crippen molar-refractivity contribution in [1.29, 1.82) is 0 Å². The van der Waals surface area contributed by atoms with Gasteiger partial charge in [0.1, 0.15) is 17.2 Å². The summed E-state index contributed by atoms with van der Waals surface area (Å²) in [4.78, 5) is 26.3. The van der Waals surface area contributed by atoms with Gasteiger partial charge in [-0.2, -0.15) is 5.10 Å². The minimum atomic E-state index is -0.770. The van der Waals surface area contributed by atoms with Gasteiger partial charge < -0.3 is 14.8 Å². The van der Waals surface area contributed by atoms with Crippen molar-refractivity contribution in [3.05, 3.63) is 56.7 Å². The zero-order valence-corrected chi connectivity index (χ0v) is 13.8. The van der Waals surface area contributed by atoms with E-state index in [1.807, 2.05) is 0 Å². The first-order chi connectivity index (χ1) is 11.9. The summed E-state index contributed by atoms with van der Waals surface area (Å²) in [5.41, 5.74) is -0.584. The fourth-order valence-electron chi connectivity index (χ4n) is 2.47. The van der Waals surface area contributed by atoms with Gasteiger partial charge in [0.2, 0.25) is 0 Å². The largest absolute Gasteiger partial charge is 0.507 e. The van der Waals surface area contributed by atoms with Crippen molar-refractivity contribution in [1.82, 2.24) is 14.8 Å². The van der Waals surface area contributed by atoms with E-state index in [4.69, 9.17) is 16.3 Å². The number of carbonyl (C=O) groups is 1. The van der Waals surface area contributed by atoms with Gasteiger partial charge in [0.05, 0.1) is 18.5 Å². The minimum Gasteiger partial charge on any atom is -0.507 e. The van der Waals surface area contributed by atoms with Gasteiger partial charge in [0, 0.05) is 16.7 Å². The Morgan fingerprint density at radius 1 is 1.48 bits per heavy atom. The highest BCUT2D eigenvalue weighted by Crippen LogP contribution is 2.27. The number of hydrogen-bond donors (Lipinski definition) is 2. The third-order valence-corrected chi connectivity index (χ3v) is 3.91. The molecular weight excluding hydrogens is 353 g/mol. The van der Waals surface area contributed by atoms with Gasteiger partial charge in [0.15, 0.2) is 5.69 Å². The quantitative estimate of drug-likeness (QED) is 0.692. The summed E-state index contributed by atoms with van der Waals surface area (Å²) in [5.74, 6) is -1.75. The molecule has 0 saturated carbocycles. The molecule has 1 aromatic carbocycles. The highest BCUT2D eigenvalue weighted by molar-refractivity contribution is 6.31. The molecule has 0 aliphatic heterocycles. The van der Waals surface area contributed by atoms with Crippen molar-refractivity contribution in [3.63, 3.8) is 0 Å². The number of esters is 1. The summed E-state index contributed by atoms with van der Waals surface area (Å²) in [5, 5.41) is 14.3. The number of benzene rings is 1. The van der Waals surface area contributed by atoms with Crippen molar-refractivity contribution in [2.75, 3.05) is 6.61 Å². The average Bonchev–Trinajstić information content (AvgIpc) is 2.90. The number of aromatic nitrogens is 3. The van der Waals surface area contributed by atoms with Gasteiger partial charge in [-0.15, -0.1) is 0 Å². The highest BCUT2D eigenvalue weighted by atomic mass is 35.5. The SMILES string of the molecule is CCOC(=O)c1nn(Cc2c(F)cccc2Cl)c2[nH]c(=O)cc(O)c12. The highest BCUT2D eigenvalue weighted by Gasteiger charge is 2.23. The lowest BCUT2D eigenvalue weighted by Crippen LogP contribution is -2.10. The normalized spacial score (nSPS) is 11.0. The second-order valence-electron chi connectivity index (χ2n) is 5.17. The van der Waals surface area contributed by atoms with Crippen molar-refractivity contribution < 1.29 is 19.0 Å². The molecule has 0 spiro atoms. The summed E-state index contributed by atoms with van der Waals surface area (Å²) in [7, 11) is 0. The van der Waals surface area contributed by atoms with Crippen LogP contribution in [0.3, 0.4) is 0 Å². The summed E-state index contributed by atoms with van der Waals surface area (Å²) >= 11 is 6.02. The van der Waals surface area contributed by atoms with Crippen LogP contribution in [0.5, 0.6) is 5.75 Å². The molecule has 2 aromatic heterocycles. The number of halogens is 2. The van der Waals surface area contributed by atoms with Crippen molar-refractivity contribution >= 4 is 28.6 Å². The average molecular weight is 366 g/mol. The van der Waals surface area contributed by atoms with E-state index < -0.39 is 23.1 Å². The Balaban J connectivity index is 2.22. The molecule has 0 aliphatic rings. The van der Waals surface area contributed by atoms with E-state index in [1.165, 1.54) is 22.9 Å². The van der Waals surface area contributed by atoms with Crippen LogP contribution in [-0.4, -0.2) is 32.4 Å². The molecule has 2 heterocycles. The molecule has 3 rings (SSSR count). The molecule has 0 atom stereocenters. The molecular formula is C16H13ClFN3O4. The molecule has 0 fully saturated rings. The number of nitrogens with zero attached hydrogens (tertiary/aromatic N) is 2. The lowest BCUT2D eigenvalue weighted by molar-refractivity contribution is 0.0520. The lowest BCUT2D eigenvalue weighted by Gasteiger charge is -2.07. The number of rotatable bonds is 4. The van der Waals surface area contributed by atoms with Crippen LogP contribution in [0.1, 0.15) is 23.0 Å². The molecule has 7 nitrogen and oxygen atoms in total. The summed E-state index contributed by atoms with van der Waals surface area (Å²) in [6.07, 6.45) is 0. The summed E-state index contributed by atoms with van der Waals surface area (Å²) < 4.78 is 20.1. The number of hydrogen-bond acceptors (Lipinski definition) is 5. The van der Waals surface area contributed by atoms with Gasteiger partial charge in [-0.05, 0) is 19.1 Å². The van der Waals surface area contributed by atoms with Crippen LogP contribution in [0, 0.1) is 5.82 Å². The molecule has 0 saturated heterocycles. The Morgan fingerprint density at radius 3 is 2.92 bits per heavy atom. The number of carbonyl (C=O) groups excluding carboxylic acids is 1. The van der Waals surface area contributed by atoms with Crippen molar-refractivity contribution in [2.45, 2.75) is 13.5 Å². The van der Waals surface area contributed by atoms with E-state index >= 15 is 0 Å². The molecule has 130 valence electrons. The van der Waals surface area contributed by atoms with E-state index in [0.717, 1.165) is 6.07 Å². The Bertz CT molecular complexity index is 1010. The number of pyridine rings is 1. The topological polar surface area (TPSA) is 97.2 Å². The maximum absolute atomic E-state index is 14.0. The van der Waals surface area contributed by atoms with Gasteiger partial charge in [-0.3, -0.25) is 4.79 Å². The molecule has 9 heteroatoms. The molecule has 0 bridgehead atoms. The third-order valence-electron chi connectivity index (χ3n) is 3.56. The summed E-state index contributed by atoms with van der Waals surface area (Å²) in [6, 6.07) is 5.13. The fraction of sp³-hybridized carbons (Fsp3) is 0.188. The Labute approximate surface area is 145 Å². The number of ether oxygens (including phenoxy) is 1. The predicted molar refractivity (Wildman–Crippen MR) is 88.5 cm³/mol. The molecule has 0 amide bonds. The first kappa shape index (κ1) is 17.0. The number of nitrogens with one attached hydrogen (secondary N) is 1. The lowest BCUT2D eigenvalue weighted by atomic mass is 10.2. The number of aromatic hydroxyl groups is 1. The van der Waals surface area contributed by atoms with Crippen LogP contribution < -0.4 is 5.56 Å². The minimum absolute atomic E-state index is 0.0190. The van der Waals surface area contributed by atoms with E-state index in [1.54, 1.807) is 6.92 Å². The summed E-state index contributed by atoms with van der Waals surface area (Å²) in [6.45, 7) is 1.58. The van der Waals surface area contributed by atoms with Crippen LogP contribution in [-0.2, 0) is 11.3 Å². The molecule has 3 aromatic rings. The molecule has 0 aliphatic carbocycles. The number of aromatic amines is 1.